The molecule has 0 saturated carbocycles. The van der Waals surface area contributed by atoms with Crippen LogP contribution < -0.4 is 4.74 Å². The molecule has 3 nitrogen and oxygen atoms in total. The molecule has 1 rings (SSSR count). The fourth-order valence-corrected chi connectivity index (χ4v) is 2.76. The molecule has 1 aromatic carbocycles. The Morgan fingerprint density at radius 1 is 1.35 bits per heavy atom. The van der Waals surface area contributed by atoms with Gasteiger partial charge in [0.1, 0.15) is 5.75 Å². The van der Waals surface area contributed by atoms with Crippen molar-refractivity contribution in [3.63, 3.8) is 0 Å². The molecular formula is C11H14BrClO3S. The lowest BCUT2D eigenvalue weighted by Gasteiger charge is -2.16. The summed E-state index contributed by atoms with van der Waals surface area (Å²) in [5.74, 6) is 0.628. The molecule has 0 aromatic heterocycles. The number of hydrogen-bond acceptors (Lipinski definition) is 3. The number of benzene rings is 1. The largest absolute Gasteiger partial charge is 0.489 e. The Kier molecular flexibility index (Phi) is 5.28. The van der Waals surface area contributed by atoms with Gasteiger partial charge in [-0.05, 0) is 47.0 Å². The molecule has 0 atom stereocenters. The zero-order valence-electron chi connectivity index (χ0n) is 9.61. The van der Waals surface area contributed by atoms with Crippen LogP contribution in [0.15, 0.2) is 27.6 Å². The predicted octanol–water partition coefficient (Wildman–Crippen LogP) is 3.94. The van der Waals surface area contributed by atoms with Gasteiger partial charge in [-0.15, -0.1) is 0 Å². The second-order valence-corrected chi connectivity index (χ2v) is 7.01. The first-order chi connectivity index (χ1) is 7.88. The molecule has 0 unspecified atom stereocenters. The summed E-state index contributed by atoms with van der Waals surface area (Å²) in [5.41, 5.74) is 0. The van der Waals surface area contributed by atoms with Crippen molar-refractivity contribution in [2.45, 2.75) is 37.7 Å². The van der Waals surface area contributed by atoms with Crippen LogP contribution in [-0.2, 0) is 9.05 Å². The predicted molar refractivity (Wildman–Crippen MR) is 72.2 cm³/mol. The summed E-state index contributed by atoms with van der Waals surface area (Å²) in [6, 6.07) is 4.49. The normalized spacial score (nSPS) is 11.8. The SMILES string of the molecule is CCC(CC)Oc1ccc(S(=O)(=O)Cl)cc1Br. The Morgan fingerprint density at radius 3 is 2.35 bits per heavy atom. The van der Waals surface area contributed by atoms with Crippen molar-refractivity contribution in [2.75, 3.05) is 0 Å². The molecule has 0 amide bonds. The second kappa shape index (κ2) is 6.07. The number of hydrogen-bond donors (Lipinski definition) is 0. The molecule has 0 spiro atoms. The van der Waals surface area contributed by atoms with Gasteiger partial charge < -0.3 is 4.74 Å². The van der Waals surface area contributed by atoms with Crippen molar-refractivity contribution in [2.24, 2.45) is 0 Å². The summed E-state index contributed by atoms with van der Waals surface area (Å²) in [6.07, 6.45) is 1.93. The van der Waals surface area contributed by atoms with E-state index in [1.807, 2.05) is 13.8 Å². The summed E-state index contributed by atoms with van der Waals surface area (Å²) in [7, 11) is 1.56. The van der Waals surface area contributed by atoms with E-state index in [2.05, 4.69) is 15.9 Å². The van der Waals surface area contributed by atoms with Crippen LogP contribution in [0.2, 0.25) is 0 Å². The molecule has 0 N–H and O–H groups in total. The van der Waals surface area contributed by atoms with E-state index in [1.165, 1.54) is 12.1 Å². The average molecular weight is 342 g/mol. The molecular weight excluding hydrogens is 328 g/mol. The van der Waals surface area contributed by atoms with E-state index in [9.17, 15) is 8.42 Å². The van der Waals surface area contributed by atoms with E-state index in [-0.39, 0.29) is 11.0 Å². The third kappa shape index (κ3) is 4.16. The van der Waals surface area contributed by atoms with E-state index >= 15 is 0 Å². The van der Waals surface area contributed by atoms with Crippen molar-refractivity contribution in [1.82, 2.24) is 0 Å². The third-order valence-electron chi connectivity index (χ3n) is 2.39. The van der Waals surface area contributed by atoms with E-state index in [1.54, 1.807) is 6.07 Å². The molecule has 17 heavy (non-hydrogen) atoms. The second-order valence-electron chi connectivity index (χ2n) is 3.59. The molecule has 0 aliphatic carbocycles. The minimum atomic E-state index is -3.70. The molecule has 0 aliphatic rings. The summed E-state index contributed by atoms with van der Waals surface area (Å²) >= 11 is 3.28. The van der Waals surface area contributed by atoms with Gasteiger partial charge in [0.25, 0.3) is 9.05 Å². The molecule has 0 radical (unpaired) electrons. The summed E-state index contributed by atoms with van der Waals surface area (Å²) < 4.78 is 28.6. The molecule has 0 bridgehead atoms. The minimum Gasteiger partial charge on any atom is -0.489 e. The smallest absolute Gasteiger partial charge is 0.261 e. The van der Waals surface area contributed by atoms with Gasteiger partial charge in [0.2, 0.25) is 0 Å². The third-order valence-corrected chi connectivity index (χ3v) is 4.36. The van der Waals surface area contributed by atoms with E-state index in [0.717, 1.165) is 12.8 Å². The number of halogens is 2. The topological polar surface area (TPSA) is 43.4 Å². The van der Waals surface area contributed by atoms with Crippen LogP contribution in [0.3, 0.4) is 0 Å². The van der Waals surface area contributed by atoms with Gasteiger partial charge in [-0.1, -0.05) is 13.8 Å². The quantitative estimate of drug-likeness (QED) is 0.762. The van der Waals surface area contributed by atoms with Crippen LogP contribution in [0.4, 0.5) is 0 Å². The van der Waals surface area contributed by atoms with Gasteiger partial charge in [0.05, 0.1) is 15.5 Å². The van der Waals surface area contributed by atoms with Gasteiger partial charge in [0, 0.05) is 10.7 Å². The summed E-state index contributed by atoms with van der Waals surface area (Å²) in [5, 5.41) is 0. The Morgan fingerprint density at radius 2 is 1.94 bits per heavy atom. The van der Waals surface area contributed by atoms with Crippen LogP contribution in [-0.4, -0.2) is 14.5 Å². The van der Waals surface area contributed by atoms with Gasteiger partial charge in [-0.3, -0.25) is 0 Å². The fourth-order valence-electron chi connectivity index (χ4n) is 1.36. The first-order valence-corrected chi connectivity index (χ1v) is 8.39. The Bertz CT molecular complexity index is 483. The maximum Gasteiger partial charge on any atom is 0.261 e. The average Bonchev–Trinajstić information content (AvgIpc) is 2.26. The number of ether oxygens (including phenoxy) is 1. The maximum atomic E-state index is 11.1. The molecule has 1 aromatic rings. The Hall–Kier alpha value is -0.260. The standard InChI is InChI=1S/C11H14BrClO3S/c1-3-8(4-2)16-11-6-5-9(7-10(11)12)17(13,14)15/h5-8H,3-4H2,1-2H3. The lowest BCUT2D eigenvalue weighted by molar-refractivity contribution is 0.191. The van der Waals surface area contributed by atoms with Gasteiger partial charge in [-0.2, -0.15) is 0 Å². The van der Waals surface area contributed by atoms with Crippen LogP contribution in [0.1, 0.15) is 26.7 Å². The van der Waals surface area contributed by atoms with Crippen LogP contribution in [0, 0.1) is 0 Å². The lowest BCUT2D eigenvalue weighted by atomic mass is 10.2. The molecule has 0 aliphatic heterocycles. The highest BCUT2D eigenvalue weighted by atomic mass is 79.9. The first-order valence-electron chi connectivity index (χ1n) is 5.29. The molecule has 0 fully saturated rings. The highest BCUT2D eigenvalue weighted by Crippen LogP contribution is 2.30. The maximum absolute atomic E-state index is 11.1. The first kappa shape index (κ1) is 14.8. The Balaban J connectivity index is 2.98. The summed E-state index contributed by atoms with van der Waals surface area (Å²) in [6.45, 7) is 4.08. The molecule has 6 heteroatoms. The van der Waals surface area contributed by atoms with Gasteiger partial charge in [-0.25, -0.2) is 8.42 Å². The molecule has 96 valence electrons. The van der Waals surface area contributed by atoms with Crippen LogP contribution in [0.25, 0.3) is 0 Å². The van der Waals surface area contributed by atoms with Crippen LogP contribution in [0.5, 0.6) is 5.75 Å². The zero-order chi connectivity index (χ0) is 13.1. The Labute approximate surface area is 115 Å². The van der Waals surface area contributed by atoms with Crippen molar-refractivity contribution in [3.05, 3.63) is 22.7 Å². The van der Waals surface area contributed by atoms with Crippen molar-refractivity contribution in [3.8, 4) is 5.75 Å². The van der Waals surface area contributed by atoms with Crippen LogP contribution >= 0.6 is 26.6 Å². The summed E-state index contributed by atoms with van der Waals surface area (Å²) in [4.78, 5) is 0.0583. The zero-order valence-corrected chi connectivity index (χ0v) is 12.8. The van der Waals surface area contributed by atoms with E-state index in [0.29, 0.717) is 10.2 Å². The lowest BCUT2D eigenvalue weighted by Crippen LogP contribution is -2.13. The fraction of sp³-hybridized carbons (Fsp3) is 0.455. The van der Waals surface area contributed by atoms with Crippen molar-refractivity contribution in [1.29, 1.82) is 0 Å². The highest BCUT2D eigenvalue weighted by Gasteiger charge is 2.14. The highest BCUT2D eigenvalue weighted by molar-refractivity contribution is 9.10. The minimum absolute atomic E-state index is 0.0583. The van der Waals surface area contributed by atoms with E-state index < -0.39 is 9.05 Å². The molecule has 0 saturated heterocycles. The van der Waals surface area contributed by atoms with Gasteiger partial charge in [0.15, 0.2) is 0 Å². The van der Waals surface area contributed by atoms with Crippen molar-refractivity contribution >= 4 is 35.7 Å². The molecule has 0 heterocycles. The monoisotopic (exact) mass is 340 g/mol. The van der Waals surface area contributed by atoms with Crippen molar-refractivity contribution < 1.29 is 13.2 Å². The van der Waals surface area contributed by atoms with E-state index in [4.69, 9.17) is 15.4 Å². The van der Waals surface area contributed by atoms with Gasteiger partial charge >= 0.3 is 0 Å². The number of rotatable bonds is 5.